The van der Waals surface area contributed by atoms with E-state index in [0.29, 0.717) is 17.6 Å². The maximum Gasteiger partial charge on any atom is 0.238 e. The molecule has 0 fully saturated rings. The third kappa shape index (κ3) is 3.66. The van der Waals surface area contributed by atoms with Gasteiger partial charge in [-0.15, -0.1) is 0 Å². The van der Waals surface area contributed by atoms with Gasteiger partial charge < -0.3 is 4.57 Å². The van der Waals surface area contributed by atoms with Crippen LogP contribution in [-0.4, -0.2) is 34.1 Å². The fourth-order valence-corrected chi connectivity index (χ4v) is 6.25. The molecule has 0 unspecified atom stereocenters. The highest BCUT2D eigenvalue weighted by Gasteiger charge is 2.23. The van der Waals surface area contributed by atoms with E-state index in [1.165, 1.54) is 0 Å². The number of rotatable bonds is 4. The Morgan fingerprint density at radius 1 is 0.455 bits per heavy atom. The number of para-hydroxylation sites is 2. The quantitative estimate of drug-likeness (QED) is 0.215. The summed E-state index contributed by atoms with van der Waals surface area (Å²) in [5, 5.41) is 3.32. The summed E-state index contributed by atoms with van der Waals surface area (Å²) in [6.07, 6.45) is 3.46. The molecule has 0 aliphatic heterocycles. The lowest BCUT2D eigenvalue weighted by molar-refractivity contribution is 0.950. The Labute approximate surface area is 251 Å². The van der Waals surface area contributed by atoms with Gasteiger partial charge in [-0.2, -0.15) is 9.97 Å². The van der Waals surface area contributed by atoms with Crippen molar-refractivity contribution >= 4 is 43.7 Å². The summed E-state index contributed by atoms with van der Waals surface area (Å²) in [6, 6.07) is 43.4. The Morgan fingerprint density at radius 2 is 1.05 bits per heavy atom. The average Bonchev–Trinajstić information content (AvgIpc) is 3.62. The van der Waals surface area contributed by atoms with E-state index in [4.69, 9.17) is 19.9 Å². The Morgan fingerprint density at radius 3 is 1.73 bits per heavy atom. The maximum atomic E-state index is 5.05. The first-order valence-electron chi connectivity index (χ1n) is 14.4. The van der Waals surface area contributed by atoms with Gasteiger partial charge in [-0.3, -0.25) is 4.57 Å². The van der Waals surface area contributed by atoms with Crippen LogP contribution in [0.4, 0.5) is 0 Å². The zero-order valence-electron chi connectivity index (χ0n) is 23.4. The summed E-state index contributed by atoms with van der Waals surface area (Å²) in [6.45, 7) is 0. The van der Waals surface area contributed by atoms with E-state index in [1.54, 1.807) is 6.33 Å². The molecule has 0 aliphatic carbocycles. The lowest BCUT2D eigenvalue weighted by atomic mass is 10.1. The summed E-state index contributed by atoms with van der Waals surface area (Å²) < 4.78 is 4.39. The third-order valence-electron chi connectivity index (χ3n) is 8.13. The van der Waals surface area contributed by atoms with Gasteiger partial charge in [0, 0.05) is 33.0 Å². The highest BCUT2D eigenvalue weighted by molar-refractivity contribution is 6.27. The minimum Gasteiger partial charge on any atom is -0.309 e. The first-order valence-corrected chi connectivity index (χ1v) is 14.4. The van der Waals surface area contributed by atoms with Gasteiger partial charge in [0.05, 0.1) is 28.3 Å². The molecule has 7 heteroatoms. The number of hydrogen-bond acceptors (Lipinski definition) is 5. The van der Waals surface area contributed by atoms with Crippen molar-refractivity contribution < 1.29 is 0 Å². The second kappa shape index (κ2) is 9.68. The zero-order chi connectivity index (χ0) is 29.0. The van der Waals surface area contributed by atoms with Crippen LogP contribution >= 0.6 is 0 Å². The Kier molecular flexibility index (Phi) is 5.36. The monoisotopic (exact) mass is 565 g/mol. The molecule has 0 amide bonds. The molecule has 7 nitrogen and oxygen atoms in total. The minimum absolute atomic E-state index is 0.513. The van der Waals surface area contributed by atoms with Crippen molar-refractivity contribution in [2.45, 2.75) is 0 Å². The predicted octanol–water partition coefficient (Wildman–Crippen LogP) is 8.19. The molecule has 4 aromatic heterocycles. The molecule has 0 N–H and O–H groups in total. The molecule has 5 aromatic carbocycles. The van der Waals surface area contributed by atoms with Gasteiger partial charge >= 0.3 is 0 Å². The molecule has 4 heterocycles. The van der Waals surface area contributed by atoms with E-state index in [0.717, 1.165) is 60.6 Å². The maximum absolute atomic E-state index is 5.05. The summed E-state index contributed by atoms with van der Waals surface area (Å²) in [7, 11) is 0. The van der Waals surface area contributed by atoms with Crippen LogP contribution in [0, 0.1) is 0 Å². The first-order chi connectivity index (χ1) is 21.8. The molecule has 0 saturated carbocycles. The minimum atomic E-state index is 0.513. The number of nitrogens with zero attached hydrogens (tertiary/aromatic N) is 7. The average molecular weight is 566 g/mol. The van der Waals surface area contributed by atoms with Crippen LogP contribution in [0.2, 0.25) is 0 Å². The molecule has 0 spiro atoms. The lowest BCUT2D eigenvalue weighted by Gasteiger charge is -2.11. The van der Waals surface area contributed by atoms with E-state index in [9.17, 15) is 0 Å². The predicted molar refractivity (Wildman–Crippen MR) is 175 cm³/mol. The summed E-state index contributed by atoms with van der Waals surface area (Å²) in [4.78, 5) is 24.3. The van der Waals surface area contributed by atoms with E-state index >= 15 is 0 Å². The Balaban J connectivity index is 1.41. The standard InChI is InChI=1S/C37H23N7/c1-4-12-24(13-5-1)35-40-36(25-14-6-2-7-15-25)42-37(41-35)44-30-21-20-29-32(33(30)34-31(44)22-38-23-39-34)27-18-10-11-19-28(27)43(29)26-16-8-3-9-17-26/h1-23H. The van der Waals surface area contributed by atoms with Crippen LogP contribution < -0.4 is 0 Å². The van der Waals surface area contributed by atoms with Gasteiger partial charge in [-0.1, -0.05) is 97.1 Å². The fourth-order valence-electron chi connectivity index (χ4n) is 6.25. The van der Waals surface area contributed by atoms with E-state index in [-0.39, 0.29) is 0 Å². The van der Waals surface area contributed by atoms with Crippen LogP contribution in [0.1, 0.15) is 0 Å². The van der Waals surface area contributed by atoms with Crippen molar-refractivity contribution in [1.82, 2.24) is 34.1 Å². The first kappa shape index (κ1) is 24.4. The van der Waals surface area contributed by atoms with Crippen molar-refractivity contribution in [3.63, 3.8) is 0 Å². The van der Waals surface area contributed by atoms with Gasteiger partial charge in [-0.25, -0.2) is 15.0 Å². The smallest absolute Gasteiger partial charge is 0.238 e. The molecule has 0 aliphatic rings. The summed E-state index contributed by atoms with van der Waals surface area (Å²) >= 11 is 0. The molecule has 0 saturated heterocycles. The van der Waals surface area contributed by atoms with Gasteiger partial charge in [0.2, 0.25) is 5.95 Å². The van der Waals surface area contributed by atoms with Crippen molar-refractivity contribution in [2.24, 2.45) is 0 Å². The molecular weight excluding hydrogens is 542 g/mol. The molecule has 206 valence electrons. The number of fused-ring (bicyclic) bond motifs is 7. The Bertz CT molecular complexity index is 2420. The normalized spacial score (nSPS) is 11.6. The molecule has 0 radical (unpaired) electrons. The lowest BCUT2D eigenvalue weighted by Crippen LogP contribution is -2.06. The van der Waals surface area contributed by atoms with Crippen LogP contribution in [-0.2, 0) is 0 Å². The molecular formula is C37H23N7. The van der Waals surface area contributed by atoms with Gasteiger partial charge in [-0.05, 0) is 30.3 Å². The van der Waals surface area contributed by atoms with Gasteiger partial charge in [0.1, 0.15) is 11.8 Å². The van der Waals surface area contributed by atoms with Crippen molar-refractivity contribution in [1.29, 1.82) is 0 Å². The SMILES string of the molecule is c1ccc(-c2nc(-c3ccccc3)nc(-n3c4cncnc4c4c5c6ccccc6n(-c6ccccc6)c5ccc43)n2)cc1. The topological polar surface area (TPSA) is 74.3 Å². The highest BCUT2D eigenvalue weighted by atomic mass is 15.2. The second-order valence-electron chi connectivity index (χ2n) is 10.6. The van der Waals surface area contributed by atoms with Crippen molar-refractivity contribution in [3.8, 4) is 34.4 Å². The van der Waals surface area contributed by atoms with E-state index < -0.39 is 0 Å². The van der Waals surface area contributed by atoms with Crippen molar-refractivity contribution in [3.05, 3.63) is 140 Å². The largest absolute Gasteiger partial charge is 0.309 e. The van der Waals surface area contributed by atoms with E-state index in [1.807, 2.05) is 72.9 Å². The molecule has 9 aromatic rings. The molecule has 0 atom stereocenters. The van der Waals surface area contributed by atoms with Crippen LogP contribution in [0.5, 0.6) is 0 Å². The number of hydrogen-bond donors (Lipinski definition) is 0. The van der Waals surface area contributed by atoms with Crippen molar-refractivity contribution in [2.75, 3.05) is 0 Å². The van der Waals surface area contributed by atoms with Gasteiger partial charge in [0.15, 0.2) is 11.6 Å². The zero-order valence-corrected chi connectivity index (χ0v) is 23.4. The molecule has 9 rings (SSSR count). The third-order valence-corrected chi connectivity index (χ3v) is 8.13. The van der Waals surface area contributed by atoms with E-state index in [2.05, 4.69) is 74.8 Å². The summed E-state index contributed by atoms with van der Waals surface area (Å²) in [5.74, 6) is 1.71. The second-order valence-corrected chi connectivity index (χ2v) is 10.6. The Hall–Kier alpha value is -6.21. The highest BCUT2D eigenvalue weighted by Crippen LogP contribution is 2.41. The van der Waals surface area contributed by atoms with Crippen LogP contribution in [0.3, 0.4) is 0 Å². The molecule has 0 bridgehead atoms. The molecule has 44 heavy (non-hydrogen) atoms. The number of benzene rings is 5. The fraction of sp³-hybridized carbons (Fsp3) is 0. The van der Waals surface area contributed by atoms with Crippen LogP contribution in [0.15, 0.2) is 140 Å². The van der Waals surface area contributed by atoms with Crippen LogP contribution in [0.25, 0.3) is 78.2 Å². The van der Waals surface area contributed by atoms with Gasteiger partial charge in [0.25, 0.3) is 0 Å². The summed E-state index contributed by atoms with van der Waals surface area (Å²) in [5.41, 5.74) is 7.80. The number of aromatic nitrogens is 7.